The van der Waals surface area contributed by atoms with E-state index in [9.17, 15) is 18.0 Å². The van der Waals surface area contributed by atoms with Gasteiger partial charge in [-0.15, -0.1) is 0 Å². The van der Waals surface area contributed by atoms with E-state index in [-0.39, 0.29) is 11.9 Å². The van der Waals surface area contributed by atoms with E-state index in [4.69, 9.17) is 5.10 Å². The van der Waals surface area contributed by atoms with E-state index in [1.54, 1.807) is 4.90 Å². The number of benzene rings is 2. The van der Waals surface area contributed by atoms with E-state index >= 15 is 0 Å². The largest absolute Gasteiger partial charge is 0.416 e. The summed E-state index contributed by atoms with van der Waals surface area (Å²) in [4.78, 5) is 13.6. The third-order valence-corrected chi connectivity index (χ3v) is 5.09. The Labute approximate surface area is 159 Å². The molecule has 28 heavy (non-hydrogen) atoms. The van der Waals surface area contributed by atoms with Gasteiger partial charge in [0.2, 0.25) is 5.91 Å². The van der Waals surface area contributed by atoms with Gasteiger partial charge in [0.05, 0.1) is 17.1 Å². The highest BCUT2D eigenvalue weighted by Crippen LogP contribution is 2.35. The predicted octanol–water partition coefficient (Wildman–Crippen LogP) is 4.68. The van der Waals surface area contributed by atoms with Crippen LogP contribution in [0.15, 0.2) is 61.2 Å². The molecule has 1 saturated heterocycles. The van der Waals surface area contributed by atoms with Crippen LogP contribution < -0.4 is 0 Å². The normalized spacial score (nSPS) is 17.2. The molecule has 3 aromatic rings. The van der Waals surface area contributed by atoms with Gasteiger partial charge in [-0.25, -0.2) is 0 Å². The second-order valence-electron chi connectivity index (χ2n) is 6.82. The number of halogens is 3. The zero-order chi connectivity index (χ0) is 19.9. The Bertz CT molecular complexity index is 1040. The van der Waals surface area contributed by atoms with Gasteiger partial charge in [-0.3, -0.25) is 9.48 Å². The third kappa shape index (κ3) is 3.17. The molecule has 0 N–H and O–H groups in total. The lowest BCUT2D eigenvalue weighted by Crippen LogP contribution is -2.27. The van der Waals surface area contributed by atoms with Gasteiger partial charge in [0.15, 0.2) is 0 Å². The van der Waals surface area contributed by atoms with Crippen molar-refractivity contribution in [2.24, 2.45) is 0 Å². The van der Waals surface area contributed by atoms with E-state index in [1.807, 2.05) is 28.9 Å². The van der Waals surface area contributed by atoms with Crippen LogP contribution >= 0.6 is 0 Å². The Morgan fingerprint density at radius 3 is 2.54 bits per heavy atom. The van der Waals surface area contributed by atoms with Crippen molar-refractivity contribution in [2.45, 2.75) is 18.6 Å². The number of para-hydroxylation sites is 1. The zero-order valence-electron chi connectivity index (χ0n) is 15.0. The summed E-state index contributed by atoms with van der Waals surface area (Å²) < 4.78 is 40.5. The second-order valence-corrected chi connectivity index (χ2v) is 6.82. The number of amides is 1. The summed E-state index contributed by atoms with van der Waals surface area (Å²) in [6.07, 6.45) is -2.31. The second kappa shape index (κ2) is 6.82. The summed E-state index contributed by atoms with van der Waals surface area (Å²) in [6.45, 7) is 4.68. The van der Waals surface area contributed by atoms with Gasteiger partial charge < -0.3 is 4.90 Å². The van der Waals surface area contributed by atoms with Crippen LogP contribution in [0.5, 0.6) is 0 Å². The van der Waals surface area contributed by atoms with Crippen molar-refractivity contribution in [3.63, 3.8) is 0 Å². The summed E-state index contributed by atoms with van der Waals surface area (Å²) >= 11 is 0. The Balaban J connectivity index is 1.73. The van der Waals surface area contributed by atoms with Crippen LogP contribution in [0.4, 0.5) is 13.2 Å². The molecule has 0 bridgehead atoms. The summed E-state index contributed by atoms with van der Waals surface area (Å²) in [5, 5.41) is 5.60. The highest BCUT2D eigenvalue weighted by atomic mass is 19.4. The summed E-state index contributed by atoms with van der Waals surface area (Å²) in [6, 6.07) is 12.7. The summed E-state index contributed by atoms with van der Waals surface area (Å²) in [7, 11) is 0. The van der Waals surface area contributed by atoms with Gasteiger partial charge in [-0.2, -0.15) is 18.3 Å². The molecule has 2 aromatic carbocycles. The maximum absolute atomic E-state index is 12.9. The molecule has 1 atom stereocenters. The summed E-state index contributed by atoms with van der Waals surface area (Å²) in [5.41, 5.74) is 1.47. The molecular formula is C21H18F3N3O. The smallest absolute Gasteiger partial charge is 0.337 e. The van der Waals surface area contributed by atoms with Crippen molar-refractivity contribution in [2.75, 3.05) is 13.1 Å². The molecule has 0 aliphatic carbocycles. The number of fused-ring (bicyclic) bond motifs is 1. The van der Waals surface area contributed by atoms with Crippen LogP contribution in [0.25, 0.3) is 22.2 Å². The molecular weight excluding hydrogens is 367 g/mol. The highest BCUT2D eigenvalue weighted by Gasteiger charge is 2.31. The first-order valence-corrected chi connectivity index (χ1v) is 8.94. The van der Waals surface area contributed by atoms with Gasteiger partial charge in [-0.05, 0) is 30.7 Å². The van der Waals surface area contributed by atoms with E-state index < -0.39 is 11.7 Å². The Kier molecular flexibility index (Phi) is 4.45. The third-order valence-electron chi connectivity index (χ3n) is 5.09. The lowest BCUT2D eigenvalue weighted by atomic mass is 10.1. The molecule has 0 spiro atoms. The van der Waals surface area contributed by atoms with E-state index in [0.717, 1.165) is 29.5 Å². The first kappa shape index (κ1) is 18.3. The van der Waals surface area contributed by atoms with Gasteiger partial charge in [0, 0.05) is 24.0 Å². The molecule has 4 rings (SSSR count). The molecule has 0 saturated carbocycles. The molecule has 1 aliphatic heterocycles. The van der Waals surface area contributed by atoms with Gasteiger partial charge >= 0.3 is 6.18 Å². The quantitative estimate of drug-likeness (QED) is 0.614. The Morgan fingerprint density at radius 1 is 1.14 bits per heavy atom. The Hall–Kier alpha value is -3.09. The van der Waals surface area contributed by atoms with Crippen LogP contribution in [-0.4, -0.2) is 33.7 Å². The highest BCUT2D eigenvalue weighted by molar-refractivity contribution is 5.93. The fraction of sp³-hybridized carbons (Fsp3) is 0.238. The topological polar surface area (TPSA) is 38.1 Å². The van der Waals surface area contributed by atoms with Gasteiger partial charge in [0.25, 0.3) is 0 Å². The fourth-order valence-electron chi connectivity index (χ4n) is 3.67. The first-order chi connectivity index (χ1) is 13.4. The van der Waals surface area contributed by atoms with Crippen molar-refractivity contribution in [1.29, 1.82) is 0 Å². The molecule has 1 aliphatic rings. The number of alkyl halides is 3. The number of nitrogens with zero attached hydrogens (tertiary/aromatic N) is 3. The minimum absolute atomic E-state index is 0.0111. The number of likely N-dealkylation sites (tertiary alicyclic amines) is 1. The average molecular weight is 385 g/mol. The maximum atomic E-state index is 12.9. The number of hydrogen-bond donors (Lipinski definition) is 0. The van der Waals surface area contributed by atoms with Crippen LogP contribution in [0.2, 0.25) is 0 Å². The predicted molar refractivity (Wildman–Crippen MR) is 101 cm³/mol. The number of hydrogen-bond acceptors (Lipinski definition) is 2. The first-order valence-electron chi connectivity index (χ1n) is 8.94. The van der Waals surface area contributed by atoms with E-state index in [1.165, 1.54) is 18.2 Å². The number of aromatic nitrogens is 2. The molecule has 2 heterocycles. The maximum Gasteiger partial charge on any atom is 0.416 e. The van der Waals surface area contributed by atoms with E-state index in [2.05, 4.69) is 6.58 Å². The van der Waals surface area contributed by atoms with Crippen LogP contribution in [0.1, 0.15) is 18.0 Å². The molecule has 144 valence electrons. The van der Waals surface area contributed by atoms with Crippen molar-refractivity contribution in [3.8, 4) is 11.3 Å². The SMILES string of the molecule is C=CC(=O)N1CCC(n2nc(-c3ccc(C(F)(F)F)cc3)c3ccccc32)C1. The fourth-order valence-corrected chi connectivity index (χ4v) is 3.67. The van der Waals surface area contributed by atoms with Gasteiger partial charge in [0.1, 0.15) is 5.69 Å². The number of rotatable bonds is 3. The van der Waals surface area contributed by atoms with E-state index in [0.29, 0.717) is 24.3 Å². The molecule has 1 fully saturated rings. The standard InChI is InChI=1S/C21H18F3N3O/c1-2-19(28)26-12-11-16(13-26)27-18-6-4-3-5-17(18)20(25-27)14-7-9-15(10-8-14)21(22,23)24/h2-10,16H,1,11-13H2. The number of carbonyl (C=O) groups excluding carboxylic acids is 1. The minimum Gasteiger partial charge on any atom is -0.337 e. The number of carbonyl (C=O) groups is 1. The molecule has 7 heteroatoms. The minimum atomic E-state index is -4.37. The van der Waals surface area contributed by atoms with Crippen molar-refractivity contribution in [1.82, 2.24) is 14.7 Å². The molecule has 0 radical (unpaired) electrons. The monoisotopic (exact) mass is 385 g/mol. The van der Waals surface area contributed by atoms with Crippen LogP contribution in [0, 0.1) is 0 Å². The van der Waals surface area contributed by atoms with Crippen molar-refractivity contribution in [3.05, 3.63) is 66.7 Å². The molecule has 4 nitrogen and oxygen atoms in total. The average Bonchev–Trinajstić information content (AvgIpc) is 3.32. The Morgan fingerprint density at radius 2 is 1.86 bits per heavy atom. The molecule has 1 aromatic heterocycles. The molecule has 1 amide bonds. The molecule has 1 unspecified atom stereocenters. The van der Waals surface area contributed by atoms with Gasteiger partial charge in [-0.1, -0.05) is 36.9 Å². The lowest BCUT2D eigenvalue weighted by Gasteiger charge is -2.15. The van der Waals surface area contributed by atoms with Crippen molar-refractivity contribution >= 4 is 16.8 Å². The van der Waals surface area contributed by atoms with Crippen LogP contribution in [-0.2, 0) is 11.0 Å². The van der Waals surface area contributed by atoms with Crippen LogP contribution in [0.3, 0.4) is 0 Å². The lowest BCUT2D eigenvalue weighted by molar-refractivity contribution is -0.137. The van der Waals surface area contributed by atoms with Crippen molar-refractivity contribution < 1.29 is 18.0 Å². The summed E-state index contributed by atoms with van der Waals surface area (Å²) in [5.74, 6) is -0.109. The zero-order valence-corrected chi connectivity index (χ0v) is 15.0.